The van der Waals surface area contributed by atoms with Crippen LogP contribution in [0.4, 0.5) is 0 Å². The number of primary sulfonamides is 1. The summed E-state index contributed by atoms with van der Waals surface area (Å²) in [4.78, 5) is 4.39. The summed E-state index contributed by atoms with van der Waals surface area (Å²) in [6.07, 6.45) is 1.77. The molecule has 1 aromatic heterocycles. The van der Waals surface area contributed by atoms with Gasteiger partial charge in [-0.3, -0.25) is 0 Å². The lowest BCUT2D eigenvalue weighted by molar-refractivity contribution is 0.492. The Morgan fingerprint density at radius 2 is 2.05 bits per heavy atom. The summed E-state index contributed by atoms with van der Waals surface area (Å²) in [6, 6.07) is 6.76. The second kappa shape index (κ2) is 6.01. The molecule has 1 aromatic carbocycles. The minimum atomic E-state index is -3.67. The maximum absolute atomic E-state index is 11.4. The van der Waals surface area contributed by atoms with E-state index in [2.05, 4.69) is 10.3 Å². The van der Waals surface area contributed by atoms with E-state index in [0.717, 1.165) is 10.6 Å². The Balaban J connectivity index is 2.15. The minimum absolute atomic E-state index is 0.00407. The highest BCUT2D eigenvalue weighted by molar-refractivity contribution is 7.89. The van der Waals surface area contributed by atoms with Gasteiger partial charge < -0.3 is 5.32 Å². The monoisotopic (exact) mass is 311 g/mol. The van der Waals surface area contributed by atoms with Crippen molar-refractivity contribution < 1.29 is 8.42 Å². The van der Waals surface area contributed by atoms with Crippen molar-refractivity contribution in [2.45, 2.75) is 30.8 Å². The van der Waals surface area contributed by atoms with Crippen molar-refractivity contribution >= 4 is 21.4 Å². The van der Waals surface area contributed by atoms with E-state index in [4.69, 9.17) is 5.14 Å². The van der Waals surface area contributed by atoms with Gasteiger partial charge in [-0.1, -0.05) is 12.1 Å². The molecule has 0 amide bonds. The lowest BCUT2D eigenvalue weighted by Gasteiger charge is -2.19. The van der Waals surface area contributed by atoms with Crippen molar-refractivity contribution in [2.24, 2.45) is 5.14 Å². The van der Waals surface area contributed by atoms with Crippen LogP contribution in [0.5, 0.6) is 0 Å². The molecule has 2 rings (SSSR count). The number of thiazole rings is 1. The molecule has 0 aliphatic rings. The topological polar surface area (TPSA) is 85.1 Å². The summed E-state index contributed by atoms with van der Waals surface area (Å²) in [7, 11) is -3.67. The lowest BCUT2D eigenvalue weighted by Crippen LogP contribution is -2.22. The predicted octanol–water partition coefficient (Wildman–Crippen LogP) is 2.20. The first-order valence-corrected chi connectivity index (χ1v) is 8.58. The first-order chi connectivity index (χ1) is 9.38. The quantitative estimate of drug-likeness (QED) is 0.886. The first kappa shape index (κ1) is 15.1. The number of aromatic nitrogens is 1. The molecular weight excluding hydrogens is 294 g/mol. The third-order valence-electron chi connectivity index (χ3n) is 3.01. The van der Waals surface area contributed by atoms with E-state index >= 15 is 0 Å². The van der Waals surface area contributed by atoms with Gasteiger partial charge in [0, 0.05) is 17.6 Å². The number of nitrogens with one attached hydrogen (secondary N) is 1. The maximum Gasteiger partial charge on any atom is 0.238 e. The molecule has 1 heterocycles. The van der Waals surface area contributed by atoms with Crippen molar-refractivity contribution in [3.63, 3.8) is 0 Å². The molecule has 0 saturated heterocycles. The van der Waals surface area contributed by atoms with Gasteiger partial charge in [0.15, 0.2) is 0 Å². The molecule has 2 atom stereocenters. The number of nitrogens with zero attached hydrogens (tertiary/aromatic N) is 1. The molecule has 0 radical (unpaired) electrons. The van der Waals surface area contributed by atoms with Gasteiger partial charge in [0.05, 0.1) is 10.9 Å². The van der Waals surface area contributed by atoms with Crippen LogP contribution in [0.1, 0.15) is 36.5 Å². The van der Waals surface area contributed by atoms with Gasteiger partial charge in [0.2, 0.25) is 10.0 Å². The van der Waals surface area contributed by atoms with Crippen LogP contribution in [-0.2, 0) is 10.0 Å². The van der Waals surface area contributed by atoms with E-state index in [-0.39, 0.29) is 17.0 Å². The fraction of sp³-hybridized carbons (Fsp3) is 0.308. The van der Waals surface area contributed by atoms with Crippen molar-refractivity contribution in [1.82, 2.24) is 10.3 Å². The first-order valence-electron chi connectivity index (χ1n) is 6.16. The van der Waals surface area contributed by atoms with E-state index in [1.165, 1.54) is 6.07 Å². The van der Waals surface area contributed by atoms with E-state index < -0.39 is 10.0 Å². The molecule has 2 unspecified atom stereocenters. The molecule has 0 aliphatic carbocycles. The van der Waals surface area contributed by atoms with Crippen molar-refractivity contribution in [2.75, 3.05) is 0 Å². The summed E-state index contributed by atoms with van der Waals surface area (Å²) < 4.78 is 22.7. The van der Waals surface area contributed by atoms with Crippen LogP contribution >= 0.6 is 11.3 Å². The fourth-order valence-corrected chi connectivity index (χ4v) is 3.18. The van der Waals surface area contributed by atoms with E-state index in [1.807, 2.05) is 25.3 Å². The Hall–Kier alpha value is -1.28. The second-order valence-corrected chi connectivity index (χ2v) is 7.09. The highest BCUT2D eigenvalue weighted by Crippen LogP contribution is 2.22. The van der Waals surface area contributed by atoms with Gasteiger partial charge in [-0.05, 0) is 31.5 Å². The normalized spacial score (nSPS) is 14.9. The SMILES string of the molecule is CC(NC(C)c1nccs1)c1cccc(S(N)(=O)=O)c1. The highest BCUT2D eigenvalue weighted by atomic mass is 32.2. The second-order valence-electron chi connectivity index (χ2n) is 4.60. The molecule has 2 aromatic rings. The number of rotatable bonds is 5. The Kier molecular flexibility index (Phi) is 4.54. The predicted molar refractivity (Wildman–Crippen MR) is 79.9 cm³/mol. The zero-order valence-electron chi connectivity index (χ0n) is 11.3. The van der Waals surface area contributed by atoms with Crippen molar-refractivity contribution in [1.29, 1.82) is 0 Å². The minimum Gasteiger partial charge on any atom is -0.302 e. The van der Waals surface area contributed by atoms with Gasteiger partial charge >= 0.3 is 0 Å². The number of hydrogen-bond acceptors (Lipinski definition) is 5. The Bertz CT molecular complexity index is 669. The molecule has 5 nitrogen and oxygen atoms in total. The number of benzene rings is 1. The molecule has 3 N–H and O–H groups in total. The van der Waals surface area contributed by atoms with E-state index in [1.54, 1.807) is 29.7 Å². The van der Waals surface area contributed by atoms with Gasteiger partial charge in [0.1, 0.15) is 5.01 Å². The molecule has 108 valence electrons. The van der Waals surface area contributed by atoms with Crippen molar-refractivity contribution in [3.8, 4) is 0 Å². The molecule has 0 fully saturated rings. The smallest absolute Gasteiger partial charge is 0.238 e. The molecule has 0 bridgehead atoms. The lowest BCUT2D eigenvalue weighted by atomic mass is 10.1. The van der Waals surface area contributed by atoms with Crippen molar-refractivity contribution in [3.05, 3.63) is 46.4 Å². The van der Waals surface area contributed by atoms with Crippen LogP contribution < -0.4 is 10.5 Å². The Morgan fingerprint density at radius 3 is 2.65 bits per heavy atom. The standard InChI is InChI=1S/C13H17N3O2S2/c1-9(16-10(2)13-15-6-7-19-13)11-4-3-5-12(8-11)20(14,17)18/h3-10,16H,1-2H3,(H2,14,17,18). The summed E-state index contributed by atoms with van der Waals surface area (Å²) >= 11 is 1.59. The molecule has 20 heavy (non-hydrogen) atoms. The van der Waals surface area contributed by atoms with E-state index in [9.17, 15) is 8.42 Å². The summed E-state index contributed by atoms with van der Waals surface area (Å²) in [5.74, 6) is 0. The molecule has 0 spiro atoms. The zero-order valence-corrected chi connectivity index (χ0v) is 12.9. The van der Waals surface area contributed by atoms with Crippen LogP contribution in [0, 0.1) is 0 Å². The van der Waals surface area contributed by atoms with Crippen LogP contribution in [0.25, 0.3) is 0 Å². The van der Waals surface area contributed by atoms with Gasteiger partial charge in [-0.15, -0.1) is 11.3 Å². The number of hydrogen-bond donors (Lipinski definition) is 2. The van der Waals surface area contributed by atoms with Crippen LogP contribution in [0.3, 0.4) is 0 Å². The average molecular weight is 311 g/mol. The van der Waals surface area contributed by atoms with Gasteiger partial charge in [-0.2, -0.15) is 0 Å². The highest BCUT2D eigenvalue weighted by Gasteiger charge is 2.15. The zero-order chi connectivity index (χ0) is 14.8. The van der Waals surface area contributed by atoms with Crippen LogP contribution in [0.2, 0.25) is 0 Å². The Morgan fingerprint density at radius 1 is 1.30 bits per heavy atom. The summed E-state index contributed by atoms with van der Waals surface area (Å²) in [5, 5.41) is 11.5. The maximum atomic E-state index is 11.4. The molecule has 7 heteroatoms. The molecule has 0 saturated carbocycles. The Labute approximate surface area is 122 Å². The molecule has 0 aliphatic heterocycles. The third-order valence-corrected chi connectivity index (χ3v) is 4.88. The van der Waals surface area contributed by atoms with Crippen LogP contribution in [0.15, 0.2) is 40.7 Å². The largest absolute Gasteiger partial charge is 0.302 e. The van der Waals surface area contributed by atoms with Gasteiger partial charge in [0.25, 0.3) is 0 Å². The van der Waals surface area contributed by atoms with Gasteiger partial charge in [-0.25, -0.2) is 18.5 Å². The fourth-order valence-electron chi connectivity index (χ4n) is 1.95. The van der Waals surface area contributed by atoms with E-state index in [0.29, 0.717) is 0 Å². The summed E-state index contributed by atoms with van der Waals surface area (Å²) in [6.45, 7) is 4.01. The average Bonchev–Trinajstić information content (AvgIpc) is 2.91. The number of nitrogens with two attached hydrogens (primary N) is 1. The summed E-state index contributed by atoms with van der Waals surface area (Å²) in [5.41, 5.74) is 0.875. The van der Waals surface area contributed by atoms with Crippen LogP contribution in [-0.4, -0.2) is 13.4 Å². The molecular formula is C13H17N3O2S2. The number of sulfonamides is 1. The third kappa shape index (κ3) is 3.63.